The average Bonchev–Trinajstić information content (AvgIpc) is 2.26. The number of benzene rings is 2. The van der Waals surface area contributed by atoms with Crippen LogP contribution in [0.5, 0.6) is 0 Å². The largest absolute Gasteiger partial charge is 0.297 e. The topological polar surface area (TPSA) is 43.4 Å². The summed E-state index contributed by atoms with van der Waals surface area (Å²) in [6.07, 6.45) is -0.362. The molecule has 5 heteroatoms. The summed E-state index contributed by atoms with van der Waals surface area (Å²) in [5, 5.41) is 1.58. The van der Waals surface area contributed by atoms with Gasteiger partial charge in [-0.25, -0.2) is 0 Å². The summed E-state index contributed by atoms with van der Waals surface area (Å²) in [4.78, 5) is 0.226. The van der Waals surface area contributed by atoms with Crippen LogP contribution in [-0.4, -0.2) is 52.3 Å². The monoisotopic (exact) mass is 294 g/mol. The van der Waals surface area contributed by atoms with Gasteiger partial charge in [0.25, 0.3) is 10.1 Å². The summed E-state index contributed by atoms with van der Waals surface area (Å²) < 4.78 is 29.1. The first kappa shape index (κ1) is 15.9. The normalized spacial score (nSPS) is 11.5. The third kappa shape index (κ3) is 3.45. The standard InChI is InChI=1S/C13H14O3S.Ca.2H2/c1-10(2)16-17(14,15)13-9-5-7-11-6-3-4-8-12(11)13;;;/h3-10H,1-2H3;;2*1H. The molecule has 0 heterocycles. The van der Waals surface area contributed by atoms with E-state index >= 15 is 0 Å². The van der Waals surface area contributed by atoms with Gasteiger partial charge in [0.05, 0.1) is 6.10 Å². The Morgan fingerprint density at radius 3 is 2.33 bits per heavy atom. The zero-order valence-electron chi connectivity index (χ0n) is 10.5. The van der Waals surface area contributed by atoms with E-state index in [-0.39, 0.29) is 51.6 Å². The fraction of sp³-hybridized carbons (Fsp3) is 0.231. The van der Waals surface area contributed by atoms with Crippen LogP contribution >= 0.6 is 0 Å². The van der Waals surface area contributed by atoms with E-state index < -0.39 is 10.1 Å². The van der Waals surface area contributed by atoms with E-state index in [1.54, 1.807) is 32.0 Å². The van der Waals surface area contributed by atoms with E-state index in [0.29, 0.717) is 5.39 Å². The van der Waals surface area contributed by atoms with Gasteiger partial charge in [-0.05, 0) is 25.3 Å². The second kappa shape index (κ2) is 6.35. The average molecular weight is 294 g/mol. The van der Waals surface area contributed by atoms with Crippen molar-refractivity contribution in [2.45, 2.75) is 24.8 Å². The fourth-order valence-electron chi connectivity index (χ4n) is 1.72. The van der Waals surface area contributed by atoms with Crippen LogP contribution in [0.4, 0.5) is 0 Å². The Hall–Kier alpha value is -0.130. The van der Waals surface area contributed by atoms with Crippen molar-refractivity contribution < 1.29 is 15.5 Å². The van der Waals surface area contributed by atoms with E-state index in [1.807, 2.05) is 24.3 Å². The van der Waals surface area contributed by atoms with E-state index in [2.05, 4.69) is 0 Å². The fourth-order valence-corrected chi connectivity index (χ4v) is 3.03. The van der Waals surface area contributed by atoms with Gasteiger partial charge < -0.3 is 0 Å². The van der Waals surface area contributed by atoms with Gasteiger partial charge in [-0.1, -0.05) is 36.4 Å². The summed E-state index contributed by atoms with van der Waals surface area (Å²) in [7, 11) is -3.69. The van der Waals surface area contributed by atoms with Crippen LogP contribution < -0.4 is 0 Å². The predicted molar refractivity (Wildman–Crippen MR) is 77.3 cm³/mol. The van der Waals surface area contributed by atoms with Crippen LogP contribution in [0.1, 0.15) is 16.7 Å². The molecule has 18 heavy (non-hydrogen) atoms. The van der Waals surface area contributed by atoms with Crippen LogP contribution in [0.3, 0.4) is 0 Å². The van der Waals surface area contributed by atoms with Crippen molar-refractivity contribution in [1.29, 1.82) is 0 Å². The van der Waals surface area contributed by atoms with Gasteiger partial charge in [0.2, 0.25) is 0 Å². The molecule has 0 atom stereocenters. The third-order valence-electron chi connectivity index (χ3n) is 2.34. The number of hydrogen-bond acceptors (Lipinski definition) is 3. The van der Waals surface area contributed by atoms with Crippen molar-refractivity contribution >= 4 is 58.6 Å². The van der Waals surface area contributed by atoms with Gasteiger partial charge in [-0.3, -0.25) is 4.18 Å². The van der Waals surface area contributed by atoms with E-state index in [4.69, 9.17) is 4.18 Å². The van der Waals surface area contributed by atoms with Crippen molar-refractivity contribution in [1.82, 2.24) is 0 Å². The first-order chi connectivity index (χ1) is 8.00. The maximum Gasteiger partial charge on any atom is 0.297 e. The molecule has 0 saturated carbocycles. The van der Waals surface area contributed by atoms with Crippen molar-refractivity contribution in [3.05, 3.63) is 42.5 Å². The molecule has 0 N–H and O–H groups in total. The predicted octanol–water partition coefficient (Wildman–Crippen LogP) is 3.06. The van der Waals surface area contributed by atoms with Gasteiger partial charge >= 0.3 is 0 Å². The van der Waals surface area contributed by atoms with Crippen LogP contribution in [-0.2, 0) is 14.3 Å². The second-order valence-electron chi connectivity index (χ2n) is 4.08. The molecular weight excluding hydrogens is 276 g/mol. The number of hydrogen-bond donors (Lipinski definition) is 0. The Morgan fingerprint density at radius 2 is 1.67 bits per heavy atom. The zero-order valence-corrected chi connectivity index (χ0v) is 13.5. The van der Waals surface area contributed by atoms with Crippen molar-refractivity contribution in [3.8, 4) is 0 Å². The van der Waals surface area contributed by atoms with E-state index in [1.165, 1.54) is 0 Å². The zero-order chi connectivity index (χ0) is 12.5. The molecule has 0 aliphatic carbocycles. The minimum Gasteiger partial charge on any atom is -0.264 e. The smallest absolute Gasteiger partial charge is 0.264 e. The van der Waals surface area contributed by atoms with Gasteiger partial charge in [0, 0.05) is 46.0 Å². The minimum atomic E-state index is -3.69. The van der Waals surface area contributed by atoms with Crippen molar-refractivity contribution in [2.75, 3.05) is 0 Å². The Morgan fingerprint density at radius 1 is 1.06 bits per heavy atom. The van der Waals surface area contributed by atoms with Crippen LogP contribution in [0.15, 0.2) is 47.4 Å². The summed E-state index contributed by atoms with van der Waals surface area (Å²) in [5.74, 6) is 0. The maximum atomic E-state index is 12.0. The molecule has 0 saturated heterocycles. The maximum absolute atomic E-state index is 12.0. The van der Waals surface area contributed by atoms with Crippen LogP contribution in [0, 0.1) is 0 Å². The first-order valence-electron chi connectivity index (χ1n) is 5.42. The Kier molecular flexibility index (Phi) is 5.62. The van der Waals surface area contributed by atoms with Gasteiger partial charge in [-0.2, -0.15) is 8.42 Å². The summed E-state index contributed by atoms with van der Waals surface area (Å²) >= 11 is 0. The molecule has 0 aliphatic rings. The van der Waals surface area contributed by atoms with Gasteiger partial charge in [-0.15, -0.1) is 0 Å². The summed E-state index contributed by atoms with van der Waals surface area (Å²) in [5.41, 5.74) is 0. The molecule has 0 aromatic heterocycles. The summed E-state index contributed by atoms with van der Waals surface area (Å²) in [6.45, 7) is 3.39. The summed E-state index contributed by atoms with van der Waals surface area (Å²) in [6, 6.07) is 12.5. The minimum absolute atomic E-state index is 0. The Bertz CT molecular complexity index is 640. The van der Waals surface area contributed by atoms with E-state index in [0.717, 1.165) is 5.39 Å². The molecule has 2 rings (SSSR count). The number of rotatable bonds is 3. The number of fused-ring (bicyclic) bond motifs is 1. The van der Waals surface area contributed by atoms with Gasteiger partial charge in [0.1, 0.15) is 4.90 Å². The molecule has 2 radical (unpaired) electrons. The van der Waals surface area contributed by atoms with Crippen LogP contribution in [0.25, 0.3) is 10.8 Å². The van der Waals surface area contributed by atoms with E-state index in [9.17, 15) is 8.42 Å². The molecule has 2 aromatic carbocycles. The SMILES string of the molecule is CC(C)OS(=O)(=O)c1cccc2ccccc12.[Ca].[HH].[HH]. The van der Waals surface area contributed by atoms with Crippen LogP contribution in [0.2, 0.25) is 0 Å². The molecule has 0 unspecified atom stereocenters. The van der Waals surface area contributed by atoms with Gasteiger partial charge in [0.15, 0.2) is 0 Å². The molecule has 0 spiro atoms. The molecule has 2 aromatic rings. The third-order valence-corrected chi connectivity index (χ3v) is 3.87. The molecule has 96 valence electrons. The first-order valence-corrected chi connectivity index (χ1v) is 6.82. The molecule has 3 nitrogen and oxygen atoms in total. The quantitative estimate of drug-likeness (QED) is 0.645. The molecule has 0 bridgehead atoms. The Labute approximate surface area is 140 Å². The molecule has 0 aliphatic heterocycles. The van der Waals surface area contributed by atoms with Crippen molar-refractivity contribution in [3.63, 3.8) is 0 Å². The van der Waals surface area contributed by atoms with Crippen molar-refractivity contribution in [2.24, 2.45) is 0 Å². The Balaban J connectivity index is 0. The second-order valence-corrected chi connectivity index (χ2v) is 5.62. The molecular formula is C13H18CaO3S. The molecule has 0 amide bonds. The molecule has 0 fully saturated rings.